The van der Waals surface area contributed by atoms with Gasteiger partial charge in [-0.05, 0) is 42.7 Å². The van der Waals surface area contributed by atoms with E-state index in [2.05, 4.69) is 36.0 Å². The van der Waals surface area contributed by atoms with Crippen LogP contribution in [-0.4, -0.2) is 53.8 Å². The summed E-state index contributed by atoms with van der Waals surface area (Å²) in [5.74, 6) is 1.28. The molecule has 1 aliphatic heterocycles. The van der Waals surface area contributed by atoms with Crippen molar-refractivity contribution in [2.45, 2.75) is 25.3 Å². The summed E-state index contributed by atoms with van der Waals surface area (Å²) in [5, 5.41) is 10.7. The quantitative estimate of drug-likeness (QED) is 0.581. The Morgan fingerprint density at radius 3 is 3.00 bits per heavy atom. The molecule has 1 amide bonds. The average Bonchev–Trinajstić information content (AvgIpc) is 3.43. The van der Waals surface area contributed by atoms with Crippen LogP contribution in [0.4, 0.5) is 0 Å². The van der Waals surface area contributed by atoms with E-state index in [1.54, 1.807) is 12.3 Å². The number of fused-ring (bicyclic) bond motifs is 1. The summed E-state index contributed by atoms with van der Waals surface area (Å²) in [5.41, 5.74) is 3.24. The molecule has 1 saturated heterocycles. The van der Waals surface area contributed by atoms with Crippen LogP contribution in [0.25, 0.3) is 11.0 Å². The predicted molar refractivity (Wildman–Crippen MR) is 107 cm³/mol. The molecule has 0 unspecified atom stereocenters. The number of aromatic amines is 1. The lowest BCUT2D eigenvalue weighted by atomic mass is 9.96. The summed E-state index contributed by atoms with van der Waals surface area (Å²) < 4.78 is 2.16. The molecule has 8 heteroatoms. The van der Waals surface area contributed by atoms with E-state index in [0.29, 0.717) is 17.6 Å². The highest BCUT2D eigenvalue weighted by molar-refractivity contribution is 5.97. The number of likely N-dealkylation sites (tertiary alicyclic amines) is 1. The summed E-state index contributed by atoms with van der Waals surface area (Å²) in [7, 11) is 0. The number of hydrogen-bond acceptors (Lipinski definition) is 5. The van der Waals surface area contributed by atoms with Crippen LogP contribution in [0, 0.1) is 0 Å². The Labute approximate surface area is 167 Å². The van der Waals surface area contributed by atoms with Gasteiger partial charge in [0.1, 0.15) is 16.9 Å². The third-order valence-electron chi connectivity index (χ3n) is 5.46. The molecule has 0 spiro atoms. The van der Waals surface area contributed by atoms with Crippen molar-refractivity contribution in [2.75, 3.05) is 13.1 Å². The number of nitrogens with one attached hydrogen (secondary N) is 1. The molecular formula is C21H21N7O. The first-order valence-electron chi connectivity index (χ1n) is 9.77. The number of piperidine rings is 1. The summed E-state index contributed by atoms with van der Waals surface area (Å²) in [4.78, 5) is 23.8. The van der Waals surface area contributed by atoms with Crippen molar-refractivity contribution in [3.63, 3.8) is 0 Å². The average molecular weight is 387 g/mol. The lowest BCUT2D eigenvalue weighted by Gasteiger charge is -2.32. The van der Waals surface area contributed by atoms with Crippen LogP contribution in [0.1, 0.15) is 40.5 Å². The number of H-pyrrole nitrogens is 1. The van der Waals surface area contributed by atoms with E-state index in [0.717, 1.165) is 42.8 Å². The van der Waals surface area contributed by atoms with Crippen molar-refractivity contribution < 1.29 is 4.79 Å². The van der Waals surface area contributed by atoms with Crippen molar-refractivity contribution in [1.29, 1.82) is 0 Å². The molecule has 1 aromatic carbocycles. The second kappa shape index (κ2) is 7.46. The minimum absolute atomic E-state index is 0.0324. The highest BCUT2D eigenvalue weighted by atomic mass is 16.2. The minimum Gasteiger partial charge on any atom is -0.338 e. The van der Waals surface area contributed by atoms with Gasteiger partial charge in [-0.25, -0.2) is 4.98 Å². The van der Waals surface area contributed by atoms with Crippen molar-refractivity contribution in [3.05, 3.63) is 72.1 Å². The summed E-state index contributed by atoms with van der Waals surface area (Å²) in [6.07, 6.45) is 9.48. The summed E-state index contributed by atoms with van der Waals surface area (Å²) >= 11 is 0. The SMILES string of the molecule is O=C(c1ccc2n[nH]nc2c1)N1CCC[C@H](c2nccn2Cc2cccnc2)C1. The van der Waals surface area contributed by atoms with E-state index < -0.39 is 0 Å². The molecule has 1 aliphatic rings. The number of carbonyl (C=O) groups is 1. The van der Waals surface area contributed by atoms with Gasteiger partial charge in [0.05, 0.1) is 6.54 Å². The van der Waals surface area contributed by atoms with Gasteiger partial charge in [0, 0.05) is 49.4 Å². The third-order valence-corrected chi connectivity index (χ3v) is 5.46. The molecular weight excluding hydrogens is 366 g/mol. The molecule has 0 saturated carbocycles. The largest absolute Gasteiger partial charge is 0.338 e. The van der Waals surface area contributed by atoms with Gasteiger partial charge < -0.3 is 9.47 Å². The van der Waals surface area contributed by atoms with Crippen LogP contribution < -0.4 is 0 Å². The first-order valence-corrected chi connectivity index (χ1v) is 9.77. The molecule has 0 radical (unpaired) electrons. The van der Waals surface area contributed by atoms with Crippen molar-refractivity contribution in [1.82, 2.24) is 34.8 Å². The lowest BCUT2D eigenvalue weighted by Crippen LogP contribution is -2.39. The Kier molecular flexibility index (Phi) is 4.51. The number of carbonyl (C=O) groups excluding carboxylic acids is 1. The Balaban J connectivity index is 1.34. The van der Waals surface area contributed by atoms with E-state index in [1.807, 2.05) is 41.7 Å². The van der Waals surface area contributed by atoms with E-state index >= 15 is 0 Å². The lowest BCUT2D eigenvalue weighted by molar-refractivity contribution is 0.0703. The molecule has 8 nitrogen and oxygen atoms in total. The maximum absolute atomic E-state index is 13.1. The van der Waals surface area contributed by atoms with Gasteiger partial charge >= 0.3 is 0 Å². The van der Waals surface area contributed by atoms with Crippen LogP contribution in [0.5, 0.6) is 0 Å². The maximum Gasteiger partial charge on any atom is 0.253 e. The van der Waals surface area contributed by atoms with Crippen LogP contribution in [0.3, 0.4) is 0 Å². The fraction of sp³-hybridized carbons (Fsp3) is 0.286. The van der Waals surface area contributed by atoms with Gasteiger partial charge in [-0.15, -0.1) is 0 Å². The van der Waals surface area contributed by atoms with E-state index in [4.69, 9.17) is 0 Å². The van der Waals surface area contributed by atoms with Gasteiger partial charge in [0.25, 0.3) is 5.91 Å². The molecule has 0 bridgehead atoms. The zero-order valence-electron chi connectivity index (χ0n) is 15.9. The number of amides is 1. The number of hydrogen-bond donors (Lipinski definition) is 1. The van der Waals surface area contributed by atoms with Crippen LogP contribution in [-0.2, 0) is 6.54 Å². The zero-order valence-corrected chi connectivity index (χ0v) is 15.9. The van der Waals surface area contributed by atoms with Gasteiger partial charge in [-0.1, -0.05) is 6.07 Å². The Bertz CT molecular complexity index is 1130. The van der Waals surface area contributed by atoms with Crippen LogP contribution >= 0.6 is 0 Å². The molecule has 146 valence electrons. The van der Waals surface area contributed by atoms with Gasteiger partial charge in [-0.3, -0.25) is 9.78 Å². The van der Waals surface area contributed by atoms with Crippen molar-refractivity contribution in [3.8, 4) is 0 Å². The summed E-state index contributed by atoms with van der Waals surface area (Å²) in [6.45, 7) is 2.16. The molecule has 1 fully saturated rings. The molecule has 1 atom stereocenters. The van der Waals surface area contributed by atoms with Crippen molar-refractivity contribution >= 4 is 16.9 Å². The highest BCUT2D eigenvalue weighted by Crippen LogP contribution is 2.27. The maximum atomic E-state index is 13.1. The van der Waals surface area contributed by atoms with Gasteiger partial charge in [0.15, 0.2) is 0 Å². The molecule has 0 aliphatic carbocycles. The second-order valence-electron chi connectivity index (χ2n) is 7.39. The second-order valence-corrected chi connectivity index (χ2v) is 7.39. The first kappa shape index (κ1) is 17.5. The monoisotopic (exact) mass is 387 g/mol. The molecule has 1 N–H and O–H groups in total. The van der Waals surface area contributed by atoms with E-state index in [9.17, 15) is 4.79 Å². The van der Waals surface area contributed by atoms with Crippen LogP contribution in [0.2, 0.25) is 0 Å². The fourth-order valence-corrected chi connectivity index (χ4v) is 4.03. The Morgan fingerprint density at radius 1 is 1.17 bits per heavy atom. The van der Waals surface area contributed by atoms with Gasteiger partial charge in [-0.2, -0.15) is 15.4 Å². The molecule has 4 heterocycles. The number of benzene rings is 1. The van der Waals surface area contributed by atoms with E-state index in [-0.39, 0.29) is 11.8 Å². The van der Waals surface area contributed by atoms with Crippen molar-refractivity contribution in [2.24, 2.45) is 0 Å². The number of nitrogens with zero attached hydrogens (tertiary/aromatic N) is 6. The summed E-state index contributed by atoms with van der Waals surface area (Å²) in [6, 6.07) is 9.45. The zero-order chi connectivity index (χ0) is 19.6. The van der Waals surface area contributed by atoms with Crippen LogP contribution in [0.15, 0.2) is 55.1 Å². The Hall–Kier alpha value is -3.55. The fourth-order valence-electron chi connectivity index (χ4n) is 4.03. The minimum atomic E-state index is 0.0324. The smallest absolute Gasteiger partial charge is 0.253 e. The number of pyridine rings is 1. The third kappa shape index (κ3) is 3.49. The Morgan fingerprint density at radius 2 is 2.10 bits per heavy atom. The number of aromatic nitrogens is 6. The standard InChI is InChI=1S/C21H21N7O/c29-21(16-5-6-18-19(11-16)25-26-24-18)28-9-2-4-17(14-28)20-23-8-10-27(20)13-15-3-1-7-22-12-15/h1,3,5-8,10-12,17H,2,4,9,13-14H2,(H,24,25,26)/t17-/m0/s1. The topological polar surface area (TPSA) is 92.6 Å². The predicted octanol–water partition coefficient (Wildman–Crippen LogP) is 2.62. The van der Waals surface area contributed by atoms with E-state index in [1.165, 1.54) is 0 Å². The molecule has 29 heavy (non-hydrogen) atoms. The number of rotatable bonds is 4. The first-order chi connectivity index (χ1) is 14.3. The molecule has 5 rings (SSSR count). The van der Waals surface area contributed by atoms with Gasteiger partial charge in [0.2, 0.25) is 0 Å². The normalized spacial score (nSPS) is 17.0. The number of imidazole rings is 1. The molecule has 3 aromatic heterocycles. The molecule has 4 aromatic rings. The highest BCUT2D eigenvalue weighted by Gasteiger charge is 2.28.